The molecule has 0 saturated carbocycles. The Hall–Kier alpha value is -2.22. The largest absolute Gasteiger partial charge is 0.466 e. The number of sulfone groups is 1. The summed E-state index contributed by atoms with van der Waals surface area (Å²) in [5.41, 5.74) is 0. The van der Waals surface area contributed by atoms with Gasteiger partial charge in [-0.05, 0) is 18.6 Å². The molecule has 0 aliphatic carbocycles. The first-order valence-corrected chi connectivity index (χ1v) is 8.42. The van der Waals surface area contributed by atoms with Gasteiger partial charge in [-0.1, -0.05) is 30.4 Å². The predicted molar refractivity (Wildman–Crippen MR) is 84.0 cm³/mol. The van der Waals surface area contributed by atoms with Crippen LogP contribution in [-0.2, 0) is 19.4 Å². The van der Waals surface area contributed by atoms with E-state index in [2.05, 4.69) is 0 Å². The van der Waals surface area contributed by atoms with Gasteiger partial charge in [-0.15, -0.1) is 0 Å². The third kappa shape index (κ3) is 4.62. The topological polar surface area (TPSA) is 104 Å². The van der Waals surface area contributed by atoms with Crippen LogP contribution >= 0.6 is 0 Å². The molecule has 0 heterocycles. The van der Waals surface area contributed by atoms with E-state index in [4.69, 9.17) is 4.74 Å². The summed E-state index contributed by atoms with van der Waals surface area (Å²) in [4.78, 5) is 18.9. The van der Waals surface area contributed by atoms with Gasteiger partial charge in [0, 0.05) is 18.8 Å². The van der Waals surface area contributed by atoms with E-state index in [9.17, 15) is 23.3 Å². The molecule has 1 atom stereocenters. The van der Waals surface area contributed by atoms with E-state index in [0.29, 0.717) is 6.42 Å². The highest BCUT2D eigenvalue weighted by Gasteiger charge is 2.50. The number of nitro groups is 1. The van der Waals surface area contributed by atoms with E-state index in [1.165, 1.54) is 37.3 Å². The van der Waals surface area contributed by atoms with Gasteiger partial charge in [0.05, 0.1) is 17.9 Å². The minimum Gasteiger partial charge on any atom is -0.466 e. The minimum absolute atomic E-state index is 0.0903. The normalized spacial score (nSPS) is 14.3. The fourth-order valence-electron chi connectivity index (χ4n) is 1.83. The molecule has 1 rings (SSSR count). The van der Waals surface area contributed by atoms with Crippen molar-refractivity contribution in [3.63, 3.8) is 0 Å². The second kappa shape index (κ2) is 7.87. The van der Waals surface area contributed by atoms with Crippen LogP contribution in [0.1, 0.15) is 26.7 Å². The summed E-state index contributed by atoms with van der Waals surface area (Å²) in [6, 6.07) is 7.34. The maximum atomic E-state index is 12.6. The SMILES string of the molecule is CC(=O)OCC/C=C/CC(C)([N+](=O)[O-])S(=O)(=O)c1ccccc1. The van der Waals surface area contributed by atoms with Crippen LogP contribution in [0.2, 0.25) is 0 Å². The van der Waals surface area contributed by atoms with Crippen molar-refractivity contribution in [1.29, 1.82) is 0 Å². The second-order valence-corrected chi connectivity index (χ2v) is 7.41. The molecular weight excluding hydrogens is 322 g/mol. The molecule has 1 aromatic carbocycles. The Kier molecular flexibility index (Phi) is 6.44. The van der Waals surface area contributed by atoms with Crippen LogP contribution in [0.15, 0.2) is 47.4 Å². The lowest BCUT2D eigenvalue weighted by Gasteiger charge is -2.19. The summed E-state index contributed by atoms with van der Waals surface area (Å²) < 4.78 is 29.8. The fraction of sp³-hybridized carbons (Fsp3) is 0.400. The maximum absolute atomic E-state index is 12.6. The highest BCUT2D eigenvalue weighted by atomic mass is 32.2. The zero-order chi connectivity index (χ0) is 17.5. The summed E-state index contributed by atoms with van der Waals surface area (Å²) >= 11 is 0. The number of rotatable bonds is 8. The molecule has 1 unspecified atom stereocenters. The molecule has 7 nitrogen and oxygen atoms in total. The molecule has 23 heavy (non-hydrogen) atoms. The van der Waals surface area contributed by atoms with E-state index in [1.807, 2.05) is 0 Å². The number of ether oxygens (including phenoxy) is 1. The van der Waals surface area contributed by atoms with Crippen LogP contribution < -0.4 is 0 Å². The molecular formula is C15H19NO6S. The monoisotopic (exact) mass is 341 g/mol. The molecule has 1 aromatic rings. The molecule has 0 spiro atoms. The third-order valence-electron chi connectivity index (χ3n) is 3.27. The Labute approximate surface area is 135 Å². The van der Waals surface area contributed by atoms with Gasteiger partial charge in [0.2, 0.25) is 9.84 Å². The quantitative estimate of drug-likeness (QED) is 0.236. The van der Waals surface area contributed by atoms with Gasteiger partial charge >= 0.3 is 10.8 Å². The average molecular weight is 341 g/mol. The van der Waals surface area contributed by atoms with Crippen molar-refractivity contribution in [3.8, 4) is 0 Å². The van der Waals surface area contributed by atoms with Gasteiger partial charge in [-0.3, -0.25) is 14.9 Å². The molecule has 0 bridgehead atoms. The molecule has 0 aromatic heterocycles. The Bertz CT molecular complexity index is 683. The molecule has 8 heteroatoms. The number of benzene rings is 1. The fourth-order valence-corrected chi connectivity index (χ4v) is 3.36. The molecule has 0 saturated heterocycles. The van der Waals surface area contributed by atoms with E-state index in [-0.39, 0.29) is 17.9 Å². The van der Waals surface area contributed by atoms with Gasteiger partial charge in [0.1, 0.15) is 0 Å². The first kappa shape index (κ1) is 18.8. The van der Waals surface area contributed by atoms with Crippen molar-refractivity contribution in [2.45, 2.75) is 36.5 Å². The van der Waals surface area contributed by atoms with Crippen molar-refractivity contribution in [2.75, 3.05) is 6.61 Å². The zero-order valence-corrected chi connectivity index (χ0v) is 13.8. The van der Waals surface area contributed by atoms with Gasteiger partial charge in [0.25, 0.3) is 0 Å². The van der Waals surface area contributed by atoms with Crippen LogP contribution in [0.25, 0.3) is 0 Å². The number of hydrogen-bond acceptors (Lipinski definition) is 6. The van der Waals surface area contributed by atoms with Crippen molar-refractivity contribution in [3.05, 3.63) is 52.6 Å². The van der Waals surface area contributed by atoms with Crippen LogP contribution in [0.5, 0.6) is 0 Å². The van der Waals surface area contributed by atoms with Crippen molar-refractivity contribution < 1.29 is 22.9 Å². The van der Waals surface area contributed by atoms with E-state index in [0.717, 1.165) is 6.92 Å². The highest BCUT2D eigenvalue weighted by Crippen LogP contribution is 2.29. The Morgan fingerprint density at radius 1 is 1.30 bits per heavy atom. The number of hydrogen-bond donors (Lipinski definition) is 0. The first-order valence-electron chi connectivity index (χ1n) is 6.94. The summed E-state index contributed by atoms with van der Waals surface area (Å²) in [7, 11) is -4.14. The number of nitrogens with zero attached hydrogens (tertiary/aromatic N) is 1. The van der Waals surface area contributed by atoms with Gasteiger partial charge in [0.15, 0.2) is 0 Å². The molecule has 0 aliphatic heterocycles. The maximum Gasteiger partial charge on any atom is 0.323 e. The van der Waals surface area contributed by atoms with E-state index in [1.54, 1.807) is 12.1 Å². The van der Waals surface area contributed by atoms with Gasteiger partial charge < -0.3 is 4.74 Å². The average Bonchev–Trinajstić information content (AvgIpc) is 2.50. The molecule has 0 aliphatic rings. The molecule has 0 amide bonds. The highest BCUT2D eigenvalue weighted by molar-refractivity contribution is 7.92. The van der Waals surface area contributed by atoms with Crippen LogP contribution in [-0.4, -0.2) is 30.8 Å². The predicted octanol–water partition coefficient (Wildman–Crippen LogP) is 2.35. The lowest BCUT2D eigenvalue weighted by atomic mass is 10.2. The standard InChI is InChI=1S/C15H19NO6S/c1-13(17)22-12-8-4-7-11-15(2,16(18)19)23(20,21)14-9-5-3-6-10-14/h3-7,9-10H,8,11-12H2,1-2H3/b7-4+. The first-order chi connectivity index (χ1) is 10.7. The van der Waals surface area contributed by atoms with Gasteiger partial charge in [-0.25, -0.2) is 8.42 Å². The minimum atomic E-state index is -4.14. The lowest BCUT2D eigenvalue weighted by Crippen LogP contribution is -2.42. The van der Waals surface area contributed by atoms with Crippen molar-refractivity contribution >= 4 is 15.8 Å². The van der Waals surface area contributed by atoms with Crippen LogP contribution in [0.3, 0.4) is 0 Å². The Balaban J connectivity index is 2.90. The number of carbonyl (C=O) groups is 1. The van der Waals surface area contributed by atoms with Gasteiger partial charge in [-0.2, -0.15) is 0 Å². The molecule has 0 radical (unpaired) electrons. The second-order valence-electron chi connectivity index (χ2n) is 5.05. The lowest BCUT2D eigenvalue weighted by molar-refractivity contribution is -0.535. The van der Waals surface area contributed by atoms with Crippen LogP contribution in [0, 0.1) is 10.1 Å². The third-order valence-corrected chi connectivity index (χ3v) is 5.64. The number of esters is 1. The summed E-state index contributed by atoms with van der Waals surface area (Å²) in [5.74, 6) is -0.416. The molecule has 126 valence electrons. The Morgan fingerprint density at radius 3 is 2.43 bits per heavy atom. The van der Waals surface area contributed by atoms with E-state index >= 15 is 0 Å². The summed E-state index contributed by atoms with van der Waals surface area (Å²) in [6.45, 7) is 2.51. The summed E-state index contributed by atoms with van der Waals surface area (Å²) in [6.07, 6.45) is 3.06. The van der Waals surface area contributed by atoms with Crippen molar-refractivity contribution in [1.82, 2.24) is 0 Å². The van der Waals surface area contributed by atoms with Crippen LogP contribution in [0.4, 0.5) is 0 Å². The number of carbonyl (C=O) groups excluding carboxylic acids is 1. The Morgan fingerprint density at radius 2 is 1.91 bits per heavy atom. The van der Waals surface area contributed by atoms with Crippen molar-refractivity contribution in [2.24, 2.45) is 0 Å². The smallest absolute Gasteiger partial charge is 0.323 e. The van der Waals surface area contributed by atoms with E-state index < -0.39 is 25.6 Å². The zero-order valence-electron chi connectivity index (χ0n) is 13.0. The molecule has 0 N–H and O–H groups in total. The molecule has 0 fully saturated rings. The summed E-state index contributed by atoms with van der Waals surface area (Å²) in [5, 5.41) is 11.4.